The summed E-state index contributed by atoms with van der Waals surface area (Å²) in [5.74, 6) is 1.09. The van der Waals surface area contributed by atoms with E-state index in [4.69, 9.17) is 0 Å². The molecule has 0 saturated heterocycles. The molecule has 0 fully saturated rings. The Morgan fingerprint density at radius 1 is 1.35 bits per heavy atom. The van der Waals surface area contributed by atoms with E-state index in [2.05, 4.69) is 17.6 Å². The highest BCUT2D eigenvalue weighted by Gasteiger charge is 2.05. The number of nitrogens with one attached hydrogen (secondary N) is 2. The van der Waals surface area contributed by atoms with Crippen LogP contribution in [0.5, 0.6) is 0 Å². The van der Waals surface area contributed by atoms with Crippen LogP contribution >= 0.6 is 11.8 Å². The minimum atomic E-state index is 0.0874. The van der Waals surface area contributed by atoms with Crippen LogP contribution in [0.15, 0.2) is 29.2 Å². The molecular weight excluding hydrogens is 232 g/mol. The maximum Gasteiger partial charge on any atom is 0.224 e. The van der Waals surface area contributed by atoms with Crippen molar-refractivity contribution >= 4 is 23.4 Å². The number of carbonyl (C=O) groups excluding carboxylic acids is 1. The molecule has 1 aromatic carbocycles. The van der Waals surface area contributed by atoms with E-state index in [0.717, 1.165) is 29.3 Å². The SMILES string of the molecule is CCSc1ccccc1NC(=O)CCCNC. The van der Waals surface area contributed by atoms with Gasteiger partial charge in [-0.1, -0.05) is 19.1 Å². The third kappa shape index (κ3) is 5.24. The van der Waals surface area contributed by atoms with Gasteiger partial charge in [0.15, 0.2) is 0 Å². The molecule has 2 N–H and O–H groups in total. The summed E-state index contributed by atoms with van der Waals surface area (Å²) in [6.45, 7) is 2.98. The quantitative estimate of drug-likeness (QED) is 0.579. The van der Waals surface area contributed by atoms with Crippen LogP contribution in [-0.4, -0.2) is 25.3 Å². The molecule has 3 nitrogen and oxygen atoms in total. The molecule has 0 aromatic heterocycles. The third-order valence-corrected chi connectivity index (χ3v) is 3.25. The zero-order valence-electron chi connectivity index (χ0n) is 10.5. The van der Waals surface area contributed by atoms with E-state index < -0.39 is 0 Å². The number of rotatable bonds is 7. The molecule has 0 radical (unpaired) electrons. The van der Waals surface area contributed by atoms with E-state index in [1.165, 1.54) is 0 Å². The summed E-state index contributed by atoms with van der Waals surface area (Å²) < 4.78 is 0. The van der Waals surface area contributed by atoms with Crippen molar-refractivity contribution in [1.82, 2.24) is 5.32 Å². The standard InChI is InChI=1S/C13H20N2OS/c1-3-17-12-8-5-4-7-11(12)15-13(16)9-6-10-14-2/h4-5,7-8,14H,3,6,9-10H2,1-2H3,(H,15,16). The molecule has 0 aliphatic carbocycles. The van der Waals surface area contributed by atoms with E-state index in [-0.39, 0.29) is 5.91 Å². The van der Waals surface area contributed by atoms with Gasteiger partial charge >= 0.3 is 0 Å². The van der Waals surface area contributed by atoms with Gasteiger partial charge in [0.1, 0.15) is 0 Å². The first-order valence-electron chi connectivity index (χ1n) is 5.94. The summed E-state index contributed by atoms with van der Waals surface area (Å²) >= 11 is 1.75. The predicted octanol–water partition coefficient (Wildman–Crippen LogP) is 2.74. The minimum absolute atomic E-state index is 0.0874. The Balaban J connectivity index is 2.52. The van der Waals surface area contributed by atoms with Crippen LogP contribution in [0.1, 0.15) is 19.8 Å². The summed E-state index contributed by atoms with van der Waals surface area (Å²) in [7, 11) is 1.89. The first kappa shape index (κ1) is 14.1. The van der Waals surface area contributed by atoms with Crippen LogP contribution in [0.4, 0.5) is 5.69 Å². The van der Waals surface area contributed by atoms with Crippen LogP contribution in [0.25, 0.3) is 0 Å². The van der Waals surface area contributed by atoms with E-state index in [1.54, 1.807) is 11.8 Å². The maximum atomic E-state index is 11.7. The van der Waals surface area contributed by atoms with Gasteiger partial charge in [0.2, 0.25) is 5.91 Å². The summed E-state index contributed by atoms with van der Waals surface area (Å²) in [6.07, 6.45) is 1.43. The zero-order valence-corrected chi connectivity index (χ0v) is 11.3. The first-order chi connectivity index (χ1) is 8.27. The third-order valence-electron chi connectivity index (χ3n) is 2.29. The van der Waals surface area contributed by atoms with Crippen molar-refractivity contribution < 1.29 is 4.79 Å². The number of carbonyl (C=O) groups is 1. The van der Waals surface area contributed by atoms with E-state index in [9.17, 15) is 4.79 Å². The molecule has 0 aliphatic rings. The van der Waals surface area contributed by atoms with Gasteiger partial charge < -0.3 is 10.6 Å². The van der Waals surface area contributed by atoms with Gasteiger partial charge in [-0.25, -0.2) is 0 Å². The lowest BCUT2D eigenvalue weighted by atomic mass is 10.2. The van der Waals surface area contributed by atoms with Crippen molar-refractivity contribution in [2.24, 2.45) is 0 Å². The van der Waals surface area contributed by atoms with Crippen molar-refractivity contribution in [3.8, 4) is 0 Å². The van der Waals surface area contributed by atoms with Gasteiger partial charge in [-0.05, 0) is 37.9 Å². The summed E-state index contributed by atoms with van der Waals surface area (Å²) in [6, 6.07) is 7.93. The van der Waals surface area contributed by atoms with Gasteiger partial charge in [0.05, 0.1) is 5.69 Å². The number of benzene rings is 1. The van der Waals surface area contributed by atoms with Crippen molar-refractivity contribution in [3.63, 3.8) is 0 Å². The van der Waals surface area contributed by atoms with Crippen LogP contribution in [0, 0.1) is 0 Å². The van der Waals surface area contributed by atoms with Gasteiger partial charge in [-0.2, -0.15) is 0 Å². The molecule has 17 heavy (non-hydrogen) atoms. The fraction of sp³-hybridized carbons (Fsp3) is 0.462. The average Bonchev–Trinajstić information content (AvgIpc) is 2.32. The molecule has 0 unspecified atom stereocenters. The second-order valence-corrected chi connectivity index (χ2v) is 4.99. The molecule has 0 spiro atoms. The number of para-hydroxylation sites is 1. The van der Waals surface area contributed by atoms with Gasteiger partial charge in [0, 0.05) is 11.3 Å². The first-order valence-corrected chi connectivity index (χ1v) is 6.92. The number of thioether (sulfide) groups is 1. The molecule has 0 saturated carbocycles. The van der Waals surface area contributed by atoms with Crippen LogP contribution in [0.3, 0.4) is 0 Å². The number of anilines is 1. The van der Waals surface area contributed by atoms with Crippen molar-refractivity contribution in [2.75, 3.05) is 24.7 Å². The minimum Gasteiger partial charge on any atom is -0.325 e. The molecule has 0 bridgehead atoms. The molecule has 1 rings (SSSR count). The Hall–Kier alpha value is -1.00. The zero-order chi connectivity index (χ0) is 12.5. The summed E-state index contributed by atoms with van der Waals surface area (Å²) in [5.41, 5.74) is 0.925. The van der Waals surface area contributed by atoms with Crippen LogP contribution < -0.4 is 10.6 Å². The average molecular weight is 252 g/mol. The lowest BCUT2D eigenvalue weighted by Gasteiger charge is -2.09. The van der Waals surface area contributed by atoms with Crippen LogP contribution in [-0.2, 0) is 4.79 Å². The molecule has 0 atom stereocenters. The summed E-state index contributed by atoms with van der Waals surface area (Å²) in [4.78, 5) is 12.8. The number of hydrogen-bond donors (Lipinski definition) is 2. The highest BCUT2D eigenvalue weighted by Crippen LogP contribution is 2.26. The Labute approximate surface area is 107 Å². The molecule has 94 valence electrons. The number of hydrogen-bond acceptors (Lipinski definition) is 3. The molecule has 0 aliphatic heterocycles. The van der Waals surface area contributed by atoms with Crippen molar-refractivity contribution in [2.45, 2.75) is 24.7 Å². The molecule has 1 aromatic rings. The number of amides is 1. The fourth-order valence-electron chi connectivity index (χ4n) is 1.49. The maximum absolute atomic E-state index is 11.7. The van der Waals surface area contributed by atoms with E-state index in [0.29, 0.717) is 6.42 Å². The normalized spacial score (nSPS) is 10.2. The van der Waals surface area contributed by atoms with Crippen molar-refractivity contribution in [3.05, 3.63) is 24.3 Å². The smallest absolute Gasteiger partial charge is 0.224 e. The topological polar surface area (TPSA) is 41.1 Å². The molecule has 4 heteroatoms. The van der Waals surface area contributed by atoms with Gasteiger partial charge in [-0.15, -0.1) is 11.8 Å². The second-order valence-electron chi connectivity index (χ2n) is 3.68. The van der Waals surface area contributed by atoms with Gasteiger partial charge in [-0.3, -0.25) is 4.79 Å². The predicted molar refractivity (Wildman–Crippen MR) is 74.6 cm³/mol. The Morgan fingerprint density at radius 3 is 2.82 bits per heavy atom. The van der Waals surface area contributed by atoms with Crippen LogP contribution in [0.2, 0.25) is 0 Å². The summed E-state index contributed by atoms with van der Waals surface area (Å²) in [5, 5.41) is 6.00. The second kappa shape index (κ2) is 8.14. The highest BCUT2D eigenvalue weighted by atomic mass is 32.2. The fourth-order valence-corrected chi connectivity index (χ4v) is 2.25. The van der Waals surface area contributed by atoms with E-state index >= 15 is 0 Å². The van der Waals surface area contributed by atoms with E-state index in [1.807, 2.05) is 31.3 Å². The lowest BCUT2D eigenvalue weighted by molar-refractivity contribution is -0.116. The molecular formula is C13H20N2OS. The Kier molecular flexibility index (Phi) is 6.74. The van der Waals surface area contributed by atoms with Gasteiger partial charge in [0.25, 0.3) is 0 Å². The largest absolute Gasteiger partial charge is 0.325 e. The monoisotopic (exact) mass is 252 g/mol. The molecule has 1 amide bonds. The highest BCUT2D eigenvalue weighted by molar-refractivity contribution is 7.99. The Bertz CT molecular complexity index is 355. The van der Waals surface area contributed by atoms with Crippen molar-refractivity contribution in [1.29, 1.82) is 0 Å². The lowest BCUT2D eigenvalue weighted by Crippen LogP contribution is -2.15. The Morgan fingerprint density at radius 2 is 2.12 bits per heavy atom. The molecule has 0 heterocycles.